The largest absolute Gasteiger partial charge is 0.507 e. The summed E-state index contributed by atoms with van der Waals surface area (Å²) in [4.78, 5) is 11.6. The van der Waals surface area contributed by atoms with Gasteiger partial charge in [0.2, 0.25) is 5.75 Å². The fraction of sp³-hybridized carbons (Fsp3) is 0.316. The minimum atomic E-state index is -1.11. The number of aliphatic hydroxyl groups is 1. The standard InChI is InChI=1S/C19H21NO8S/c1-27-18-13(23)3-8(4-14(18)24)16-15(25)5-9-11(21)6-12(22)10(17(9)28-16)7-20-19(26)29-2/h3-4,6,15-16,21-25H,5,7H2,1-2H3,(H,20,26)/t15-,16+/m0/s1. The number of nitrogens with one attached hydrogen (secondary N) is 1. The predicted octanol–water partition coefficient (Wildman–Crippen LogP) is 2.13. The number of rotatable bonds is 4. The van der Waals surface area contributed by atoms with Crippen LogP contribution in [0.4, 0.5) is 4.79 Å². The number of amides is 1. The van der Waals surface area contributed by atoms with Crippen molar-refractivity contribution in [3.8, 4) is 34.5 Å². The number of thioether (sulfide) groups is 1. The molecule has 2 aromatic carbocycles. The lowest BCUT2D eigenvalue weighted by atomic mass is 9.92. The van der Waals surface area contributed by atoms with E-state index in [0.29, 0.717) is 0 Å². The average Bonchev–Trinajstić information content (AvgIpc) is 2.67. The molecule has 0 unspecified atom stereocenters. The molecule has 0 fully saturated rings. The number of aromatic hydroxyl groups is 4. The smallest absolute Gasteiger partial charge is 0.279 e. The molecule has 156 valence electrons. The number of phenols is 4. The lowest BCUT2D eigenvalue weighted by Gasteiger charge is -2.33. The summed E-state index contributed by atoms with van der Waals surface area (Å²) >= 11 is 0.966. The molecule has 0 saturated carbocycles. The highest BCUT2D eigenvalue weighted by Gasteiger charge is 2.35. The van der Waals surface area contributed by atoms with Gasteiger partial charge in [0.25, 0.3) is 5.24 Å². The third kappa shape index (κ3) is 3.94. The maximum Gasteiger partial charge on any atom is 0.279 e. The molecule has 1 amide bonds. The molecule has 2 atom stereocenters. The monoisotopic (exact) mass is 423 g/mol. The maximum absolute atomic E-state index is 11.6. The molecule has 0 saturated heterocycles. The first-order valence-corrected chi connectivity index (χ1v) is 9.82. The van der Waals surface area contributed by atoms with Crippen LogP contribution in [0.2, 0.25) is 0 Å². The molecule has 10 heteroatoms. The molecule has 3 rings (SSSR count). The minimum absolute atomic E-state index is 0.0108. The summed E-state index contributed by atoms with van der Waals surface area (Å²) in [6, 6.07) is 3.70. The van der Waals surface area contributed by atoms with Gasteiger partial charge < -0.3 is 40.3 Å². The Hall–Kier alpha value is -2.98. The van der Waals surface area contributed by atoms with Gasteiger partial charge in [-0.3, -0.25) is 4.79 Å². The highest BCUT2D eigenvalue weighted by atomic mass is 32.2. The van der Waals surface area contributed by atoms with Gasteiger partial charge in [0, 0.05) is 23.6 Å². The van der Waals surface area contributed by atoms with Crippen molar-refractivity contribution in [2.75, 3.05) is 13.4 Å². The Balaban J connectivity index is 2.02. The van der Waals surface area contributed by atoms with Gasteiger partial charge in [0.1, 0.15) is 17.2 Å². The van der Waals surface area contributed by atoms with E-state index < -0.39 is 12.2 Å². The number of fused-ring (bicyclic) bond motifs is 1. The first-order valence-electron chi connectivity index (χ1n) is 8.59. The summed E-state index contributed by atoms with van der Waals surface area (Å²) in [6.07, 6.45) is -0.531. The zero-order valence-corrected chi connectivity index (χ0v) is 16.5. The van der Waals surface area contributed by atoms with Crippen molar-refractivity contribution < 1.29 is 39.8 Å². The molecular formula is C19H21NO8S. The average molecular weight is 423 g/mol. The molecule has 1 heterocycles. The fourth-order valence-electron chi connectivity index (χ4n) is 3.27. The number of carbonyl (C=O) groups excluding carboxylic acids is 1. The van der Waals surface area contributed by atoms with E-state index in [-0.39, 0.29) is 69.4 Å². The number of methoxy groups -OCH3 is 1. The van der Waals surface area contributed by atoms with Crippen LogP contribution < -0.4 is 14.8 Å². The van der Waals surface area contributed by atoms with Crippen LogP contribution in [-0.2, 0) is 13.0 Å². The van der Waals surface area contributed by atoms with Gasteiger partial charge in [-0.2, -0.15) is 0 Å². The maximum atomic E-state index is 11.6. The molecule has 9 nitrogen and oxygen atoms in total. The number of hydrogen-bond donors (Lipinski definition) is 6. The van der Waals surface area contributed by atoms with E-state index in [9.17, 15) is 30.3 Å². The second-order valence-electron chi connectivity index (χ2n) is 6.45. The molecule has 0 aliphatic carbocycles. The van der Waals surface area contributed by atoms with E-state index in [0.717, 1.165) is 17.8 Å². The second kappa shape index (κ2) is 8.18. The molecule has 0 spiro atoms. The van der Waals surface area contributed by atoms with E-state index >= 15 is 0 Å². The molecule has 1 aliphatic rings. The SMILES string of the molecule is COc1c(O)cc([C@H]2Oc3c(CNC(=O)SC)c(O)cc(O)c3C[C@@H]2O)cc1O. The first kappa shape index (κ1) is 20.7. The van der Waals surface area contributed by atoms with Crippen molar-refractivity contribution in [1.82, 2.24) is 5.32 Å². The highest BCUT2D eigenvalue weighted by Crippen LogP contribution is 2.47. The zero-order valence-electron chi connectivity index (χ0n) is 15.7. The Morgan fingerprint density at radius 2 is 1.83 bits per heavy atom. The van der Waals surface area contributed by atoms with Crippen LogP contribution in [0.15, 0.2) is 18.2 Å². The van der Waals surface area contributed by atoms with Crippen molar-refractivity contribution >= 4 is 17.0 Å². The lowest BCUT2D eigenvalue weighted by molar-refractivity contribution is 0.0188. The number of ether oxygens (including phenoxy) is 2. The summed E-state index contributed by atoms with van der Waals surface area (Å²) in [5, 5.41) is 53.4. The molecule has 2 aromatic rings. The number of hydrogen-bond acceptors (Lipinski definition) is 9. The van der Waals surface area contributed by atoms with Crippen LogP contribution in [-0.4, -0.2) is 50.2 Å². The Labute approximate surface area is 170 Å². The molecule has 29 heavy (non-hydrogen) atoms. The van der Waals surface area contributed by atoms with Gasteiger partial charge in [-0.25, -0.2) is 0 Å². The normalized spacial score (nSPS) is 17.9. The van der Waals surface area contributed by atoms with Crippen molar-refractivity contribution in [2.24, 2.45) is 0 Å². The number of aliphatic hydroxyl groups excluding tert-OH is 1. The van der Waals surface area contributed by atoms with Crippen molar-refractivity contribution in [3.05, 3.63) is 34.9 Å². The van der Waals surface area contributed by atoms with Crippen LogP contribution in [0.3, 0.4) is 0 Å². The lowest BCUT2D eigenvalue weighted by Crippen LogP contribution is -2.31. The molecule has 0 radical (unpaired) electrons. The van der Waals surface area contributed by atoms with Crippen molar-refractivity contribution in [1.29, 1.82) is 0 Å². The van der Waals surface area contributed by atoms with Gasteiger partial charge in [0.05, 0.1) is 25.3 Å². The summed E-state index contributed by atoms with van der Waals surface area (Å²) < 4.78 is 10.8. The molecule has 1 aliphatic heterocycles. The first-order chi connectivity index (χ1) is 13.8. The molecule has 0 aromatic heterocycles. The molecule has 6 N–H and O–H groups in total. The second-order valence-corrected chi connectivity index (χ2v) is 7.23. The van der Waals surface area contributed by atoms with Crippen LogP contribution in [0.1, 0.15) is 22.8 Å². The van der Waals surface area contributed by atoms with E-state index in [2.05, 4.69) is 5.32 Å². The predicted molar refractivity (Wildman–Crippen MR) is 105 cm³/mol. The van der Waals surface area contributed by atoms with Crippen molar-refractivity contribution in [2.45, 2.75) is 25.2 Å². The highest BCUT2D eigenvalue weighted by molar-refractivity contribution is 8.12. The summed E-state index contributed by atoms with van der Waals surface area (Å²) in [5.74, 6) is -1.21. The van der Waals surface area contributed by atoms with E-state index in [1.807, 2.05) is 0 Å². The van der Waals surface area contributed by atoms with E-state index in [1.165, 1.54) is 19.2 Å². The summed E-state index contributed by atoms with van der Waals surface area (Å²) in [6.45, 7) is -0.0595. The quantitative estimate of drug-likeness (QED) is 0.435. The van der Waals surface area contributed by atoms with E-state index in [4.69, 9.17) is 9.47 Å². The summed E-state index contributed by atoms with van der Waals surface area (Å²) in [5.41, 5.74) is 0.779. The van der Waals surface area contributed by atoms with Gasteiger partial charge >= 0.3 is 0 Å². The molecule has 0 bridgehead atoms. The Morgan fingerprint density at radius 3 is 2.41 bits per heavy atom. The van der Waals surface area contributed by atoms with Crippen molar-refractivity contribution in [3.63, 3.8) is 0 Å². The van der Waals surface area contributed by atoms with E-state index in [1.54, 1.807) is 6.26 Å². The third-order valence-corrected chi connectivity index (χ3v) is 5.16. The topological polar surface area (TPSA) is 149 Å². The molecular weight excluding hydrogens is 402 g/mol. The third-order valence-electron chi connectivity index (χ3n) is 4.65. The van der Waals surface area contributed by atoms with Crippen LogP contribution >= 0.6 is 11.8 Å². The number of benzene rings is 2. The van der Waals surface area contributed by atoms with Crippen LogP contribution in [0.5, 0.6) is 34.5 Å². The van der Waals surface area contributed by atoms with Gasteiger partial charge in [0.15, 0.2) is 17.6 Å². The number of carbonyl (C=O) groups is 1. The zero-order chi connectivity index (χ0) is 21.3. The minimum Gasteiger partial charge on any atom is -0.507 e. The van der Waals surface area contributed by atoms with Gasteiger partial charge in [-0.1, -0.05) is 11.8 Å². The van der Waals surface area contributed by atoms with Crippen LogP contribution in [0.25, 0.3) is 0 Å². The van der Waals surface area contributed by atoms with Gasteiger partial charge in [-0.05, 0) is 18.4 Å². The fourth-order valence-corrected chi connectivity index (χ4v) is 3.48. The Kier molecular flexibility index (Phi) is 5.85. The number of phenolic OH excluding ortho intramolecular Hbond substituents is 4. The Morgan fingerprint density at radius 1 is 1.17 bits per heavy atom. The van der Waals surface area contributed by atoms with Crippen LogP contribution in [0, 0.1) is 0 Å². The Bertz CT molecular complexity index is 925. The van der Waals surface area contributed by atoms with Gasteiger partial charge in [-0.15, -0.1) is 0 Å². The summed E-state index contributed by atoms with van der Waals surface area (Å²) in [7, 11) is 1.29.